The van der Waals surface area contributed by atoms with Crippen molar-refractivity contribution < 1.29 is 23.1 Å². The van der Waals surface area contributed by atoms with E-state index in [9.17, 15) is 18.0 Å². The van der Waals surface area contributed by atoms with Crippen LogP contribution in [0.1, 0.15) is 29.0 Å². The first-order valence-electron chi connectivity index (χ1n) is 5.77. The third kappa shape index (κ3) is 2.34. The van der Waals surface area contributed by atoms with E-state index < -0.39 is 17.7 Å². The van der Waals surface area contributed by atoms with Crippen molar-refractivity contribution in [3.05, 3.63) is 29.6 Å². The molecule has 0 bridgehead atoms. The van der Waals surface area contributed by atoms with Gasteiger partial charge in [0.15, 0.2) is 0 Å². The third-order valence-corrected chi connectivity index (χ3v) is 3.00. The van der Waals surface area contributed by atoms with Crippen molar-refractivity contribution in [1.82, 2.24) is 9.55 Å². The molecule has 0 aliphatic rings. The molecule has 108 valence electrons. The summed E-state index contributed by atoms with van der Waals surface area (Å²) in [5.41, 5.74) is 4.62. The van der Waals surface area contributed by atoms with Crippen molar-refractivity contribution in [3.63, 3.8) is 0 Å². The Morgan fingerprint density at radius 3 is 2.65 bits per heavy atom. The van der Waals surface area contributed by atoms with Gasteiger partial charge in [0.25, 0.3) is 0 Å². The van der Waals surface area contributed by atoms with Gasteiger partial charge in [-0.05, 0) is 19.1 Å². The molecule has 3 N–H and O–H groups in total. The van der Waals surface area contributed by atoms with E-state index in [0.717, 1.165) is 6.07 Å². The number of fused-ring (bicyclic) bond motifs is 1. The highest BCUT2D eigenvalue weighted by atomic mass is 19.4. The molecule has 20 heavy (non-hydrogen) atoms. The molecule has 0 fully saturated rings. The summed E-state index contributed by atoms with van der Waals surface area (Å²) < 4.78 is 39.2. The van der Waals surface area contributed by atoms with E-state index in [1.165, 1.54) is 10.6 Å². The molecule has 2 heterocycles. The van der Waals surface area contributed by atoms with Gasteiger partial charge in [0.05, 0.1) is 5.56 Å². The highest BCUT2D eigenvalue weighted by Gasteiger charge is 2.32. The molecular weight excluding hydrogens is 275 g/mol. The monoisotopic (exact) mass is 287 g/mol. The van der Waals surface area contributed by atoms with Crippen molar-refractivity contribution in [2.75, 3.05) is 6.54 Å². The molecule has 0 aliphatic carbocycles. The van der Waals surface area contributed by atoms with Gasteiger partial charge in [0, 0.05) is 24.2 Å². The summed E-state index contributed by atoms with van der Waals surface area (Å²) in [6, 6.07) is 1.67. The standard InChI is InChI=1S/C12H12F3N3O2/c1-6(4-16)18-9(11(19)20)3-7-2-8(12(13,14)15)5-17-10(7)18/h2-3,5-6H,4,16H2,1H3,(H,19,20). The molecule has 1 unspecified atom stereocenters. The lowest BCUT2D eigenvalue weighted by Crippen LogP contribution is -2.20. The second-order valence-electron chi connectivity index (χ2n) is 4.42. The molecule has 2 rings (SSSR count). The maximum Gasteiger partial charge on any atom is 0.417 e. The summed E-state index contributed by atoms with van der Waals surface area (Å²) in [4.78, 5) is 14.9. The number of carboxylic acids is 1. The first kappa shape index (κ1) is 14.3. The SMILES string of the molecule is CC(CN)n1c(C(=O)O)cc2cc(C(F)(F)F)cnc21. The van der Waals surface area contributed by atoms with Gasteiger partial charge >= 0.3 is 12.1 Å². The highest BCUT2D eigenvalue weighted by molar-refractivity contribution is 5.93. The molecule has 2 aromatic rings. The van der Waals surface area contributed by atoms with Crippen LogP contribution in [0.2, 0.25) is 0 Å². The van der Waals surface area contributed by atoms with Crippen molar-refractivity contribution in [2.24, 2.45) is 5.73 Å². The Kier molecular flexibility index (Phi) is 3.43. The lowest BCUT2D eigenvalue weighted by Gasteiger charge is -2.14. The van der Waals surface area contributed by atoms with E-state index >= 15 is 0 Å². The van der Waals surface area contributed by atoms with E-state index in [4.69, 9.17) is 10.8 Å². The number of aromatic nitrogens is 2. The van der Waals surface area contributed by atoms with E-state index in [1.807, 2.05) is 0 Å². The smallest absolute Gasteiger partial charge is 0.417 e. The average molecular weight is 287 g/mol. The van der Waals surface area contributed by atoms with Crippen LogP contribution >= 0.6 is 0 Å². The fraction of sp³-hybridized carbons (Fsp3) is 0.333. The normalized spacial score (nSPS) is 13.7. The second-order valence-corrected chi connectivity index (χ2v) is 4.42. The molecule has 0 saturated carbocycles. The van der Waals surface area contributed by atoms with Crippen LogP contribution in [-0.2, 0) is 6.18 Å². The zero-order valence-electron chi connectivity index (χ0n) is 10.5. The Bertz CT molecular complexity index is 664. The largest absolute Gasteiger partial charge is 0.477 e. The zero-order valence-corrected chi connectivity index (χ0v) is 10.5. The topological polar surface area (TPSA) is 81.1 Å². The number of aromatic carboxylic acids is 1. The minimum atomic E-state index is -4.52. The Balaban J connectivity index is 2.71. The predicted molar refractivity (Wildman–Crippen MR) is 65.5 cm³/mol. The van der Waals surface area contributed by atoms with E-state index in [1.54, 1.807) is 6.92 Å². The zero-order chi connectivity index (χ0) is 15.1. The lowest BCUT2D eigenvalue weighted by atomic mass is 10.2. The second kappa shape index (κ2) is 4.78. The number of carbonyl (C=O) groups is 1. The molecule has 0 amide bonds. The van der Waals surface area contributed by atoms with Crippen molar-refractivity contribution >= 4 is 17.0 Å². The number of halogens is 3. The number of alkyl halides is 3. The van der Waals surface area contributed by atoms with Crippen LogP contribution < -0.4 is 5.73 Å². The summed E-state index contributed by atoms with van der Waals surface area (Å²) in [5, 5.41) is 9.25. The summed E-state index contributed by atoms with van der Waals surface area (Å²) in [6.07, 6.45) is -3.83. The summed E-state index contributed by atoms with van der Waals surface area (Å²) in [5.74, 6) is -1.24. The predicted octanol–water partition coefficient (Wildman–Crippen LogP) is 2.27. The first-order valence-corrected chi connectivity index (χ1v) is 5.77. The lowest BCUT2D eigenvalue weighted by molar-refractivity contribution is -0.137. The van der Waals surface area contributed by atoms with Crippen molar-refractivity contribution in [2.45, 2.75) is 19.1 Å². The Labute approximate surface area is 111 Å². The van der Waals surface area contributed by atoms with Gasteiger partial charge in [0.2, 0.25) is 0 Å². The molecule has 8 heteroatoms. The fourth-order valence-corrected chi connectivity index (χ4v) is 1.98. The van der Waals surface area contributed by atoms with Gasteiger partial charge in [-0.15, -0.1) is 0 Å². The van der Waals surface area contributed by atoms with Crippen LogP contribution in [0.15, 0.2) is 18.3 Å². The molecule has 2 aromatic heterocycles. The van der Waals surface area contributed by atoms with Crippen LogP contribution in [0, 0.1) is 0 Å². The number of pyridine rings is 1. The molecule has 0 saturated heterocycles. The summed E-state index contributed by atoms with van der Waals surface area (Å²) in [6.45, 7) is 1.82. The number of carboxylic acid groups (broad SMARTS) is 1. The Hall–Kier alpha value is -2.09. The van der Waals surface area contributed by atoms with Crippen molar-refractivity contribution in [1.29, 1.82) is 0 Å². The minimum absolute atomic E-state index is 0.123. The van der Waals surface area contributed by atoms with Gasteiger partial charge in [-0.25, -0.2) is 9.78 Å². The fourth-order valence-electron chi connectivity index (χ4n) is 1.98. The van der Waals surface area contributed by atoms with Gasteiger partial charge in [-0.1, -0.05) is 0 Å². The average Bonchev–Trinajstić information content (AvgIpc) is 2.75. The minimum Gasteiger partial charge on any atom is -0.477 e. The van der Waals surface area contributed by atoms with Gasteiger partial charge in [0.1, 0.15) is 11.3 Å². The molecule has 0 aliphatic heterocycles. The molecular formula is C12H12F3N3O2. The number of hydrogen-bond donors (Lipinski definition) is 2. The summed E-state index contributed by atoms with van der Waals surface area (Å²) in [7, 11) is 0. The quantitative estimate of drug-likeness (QED) is 0.907. The van der Waals surface area contributed by atoms with Gasteiger partial charge in [-0.2, -0.15) is 13.2 Å². The van der Waals surface area contributed by atoms with Crippen LogP contribution in [0.3, 0.4) is 0 Å². The molecule has 0 spiro atoms. The Morgan fingerprint density at radius 1 is 1.50 bits per heavy atom. The Morgan fingerprint density at radius 2 is 2.15 bits per heavy atom. The van der Waals surface area contributed by atoms with E-state index in [-0.39, 0.29) is 29.3 Å². The molecule has 5 nitrogen and oxygen atoms in total. The van der Waals surface area contributed by atoms with E-state index in [0.29, 0.717) is 6.20 Å². The number of hydrogen-bond acceptors (Lipinski definition) is 3. The number of rotatable bonds is 3. The van der Waals surface area contributed by atoms with Crippen molar-refractivity contribution in [3.8, 4) is 0 Å². The summed E-state index contributed by atoms with van der Waals surface area (Å²) >= 11 is 0. The number of nitrogens with two attached hydrogens (primary N) is 1. The van der Waals surface area contributed by atoms with Crippen LogP contribution in [0.25, 0.3) is 11.0 Å². The molecule has 1 atom stereocenters. The third-order valence-electron chi connectivity index (χ3n) is 3.00. The first-order chi connectivity index (χ1) is 9.25. The van der Waals surface area contributed by atoms with Gasteiger partial charge < -0.3 is 15.4 Å². The molecule has 0 aromatic carbocycles. The molecule has 0 radical (unpaired) electrons. The maximum atomic E-state index is 12.6. The maximum absolute atomic E-state index is 12.6. The van der Waals surface area contributed by atoms with E-state index in [2.05, 4.69) is 4.98 Å². The van der Waals surface area contributed by atoms with Gasteiger partial charge in [-0.3, -0.25) is 0 Å². The van der Waals surface area contributed by atoms with Crippen LogP contribution in [-0.4, -0.2) is 27.2 Å². The highest BCUT2D eigenvalue weighted by Crippen LogP contribution is 2.32. The van der Waals surface area contributed by atoms with Crippen LogP contribution in [0.4, 0.5) is 13.2 Å². The van der Waals surface area contributed by atoms with Crippen LogP contribution in [0.5, 0.6) is 0 Å². The number of nitrogens with zero attached hydrogens (tertiary/aromatic N) is 2.